The predicted octanol–water partition coefficient (Wildman–Crippen LogP) is 3.72. The van der Waals surface area contributed by atoms with Crippen molar-refractivity contribution in [1.82, 2.24) is 15.2 Å². The van der Waals surface area contributed by atoms with Crippen LogP contribution in [0.1, 0.15) is 5.56 Å². The molecule has 0 atom stereocenters. The van der Waals surface area contributed by atoms with Gasteiger partial charge in [-0.05, 0) is 29.8 Å². The van der Waals surface area contributed by atoms with E-state index < -0.39 is 24.0 Å². The van der Waals surface area contributed by atoms with Gasteiger partial charge in [0.15, 0.2) is 0 Å². The van der Waals surface area contributed by atoms with Crippen molar-refractivity contribution in [2.75, 3.05) is 5.01 Å². The number of anilines is 1. The minimum atomic E-state index is -0.951. The minimum Gasteiger partial charge on any atom is -0.350 e. The van der Waals surface area contributed by atoms with Gasteiger partial charge in [-0.2, -0.15) is 10.4 Å². The molecule has 4 aromatic rings. The van der Waals surface area contributed by atoms with E-state index in [1.807, 2.05) is 18.2 Å². The molecule has 0 bridgehead atoms. The first-order valence-electron chi connectivity index (χ1n) is 10.7. The highest BCUT2D eigenvalue weighted by atomic mass is 35.5. The van der Waals surface area contributed by atoms with Crippen molar-refractivity contribution in [2.45, 2.75) is 6.54 Å². The second kappa shape index (κ2) is 10.5. The number of amides is 3. The molecule has 0 spiro atoms. The lowest BCUT2D eigenvalue weighted by Gasteiger charge is -2.21. The van der Waals surface area contributed by atoms with Gasteiger partial charge in [0.25, 0.3) is 11.5 Å². The SMILES string of the molecule is N#Cc1c(-c2ccccc2)c(-c2ccccc2)nn(CC(=O)NN(C(N)=O)c2ccc(Cl)cc2)c1=O. The number of halogens is 1. The maximum absolute atomic E-state index is 13.2. The van der Waals surface area contributed by atoms with E-state index in [0.717, 1.165) is 9.69 Å². The number of hydrogen-bond acceptors (Lipinski definition) is 5. The zero-order valence-electron chi connectivity index (χ0n) is 18.8. The Bertz CT molecular complexity index is 1510. The molecule has 9 nitrogen and oxygen atoms in total. The lowest BCUT2D eigenvalue weighted by Crippen LogP contribution is -2.51. The molecule has 0 unspecified atom stereocenters. The molecule has 1 heterocycles. The largest absolute Gasteiger partial charge is 0.350 e. The number of nitrogens with zero attached hydrogens (tertiary/aromatic N) is 4. The lowest BCUT2D eigenvalue weighted by molar-refractivity contribution is -0.121. The summed E-state index contributed by atoms with van der Waals surface area (Å²) in [5.41, 5.74) is 9.16. The van der Waals surface area contributed by atoms with E-state index in [-0.39, 0.29) is 11.3 Å². The van der Waals surface area contributed by atoms with Crippen molar-refractivity contribution >= 4 is 29.2 Å². The maximum Gasteiger partial charge on any atom is 0.338 e. The van der Waals surface area contributed by atoms with Gasteiger partial charge >= 0.3 is 6.03 Å². The molecule has 0 radical (unpaired) electrons. The van der Waals surface area contributed by atoms with Crippen molar-refractivity contribution < 1.29 is 9.59 Å². The smallest absolute Gasteiger partial charge is 0.338 e. The quantitative estimate of drug-likeness (QED) is 0.404. The van der Waals surface area contributed by atoms with Crippen molar-refractivity contribution in [2.24, 2.45) is 5.73 Å². The molecule has 0 saturated carbocycles. The van der Waals surface area contributed by atoms with Gasteiger partial charge in [-0.3, -0.25) is 15.0 Å². The fraction of sp³-hybridized carbons (Fsp3) is 0.0385. The van der Waals surface area contributed by atoms with Gasteiger partial charge in [-0.1, -0.05) is 72.3 Å². The summed E-state index contributed by atoms with van der Waals surface area (Å²) < 4.78 is 0.893. The van der Waals surface area contributed by atoms with E-state index in [9.17, 15) is 19.6 Å². The summed E-state index contributed by atoms with van der Waals surface area (Å²) in [4.78, 5) is 38.0. The molecule has 3 amide bonds. The van der Waals surface area contributed by atoms with E-state index in [1.54, 1.807) is 48.5 Å². The standard InChI is InChI=1S/C26H19ClN6O3/c27-19-11-13-20(14-12-19)33(26(29)36)30-22(34)16-32-25(35)21(15-28)23(17-7-3-1-4-8-17)24(31-32)18-9-5-2-6-10-18/h1-14H,16H2,(H2,29,36)(H,30,34). The van der Waals surface area contributed by atoms with E-state index in [0.29, 0.717) is 27.4 Å². The first kappa shape index (κ1) is 24.2. The third-order valence-corrected chi connectivity index (χ3v) is 5.46. The van der Waals surface area contributed by atoms with Crippen LogP contribution in [0.3, 0.4) is 0 Å². The minimum absolute atomic E-state index is 0.160. The number of hydrazine groups is 1. The first-order chi connectivity index (χ1) is 17.4. The third kappa shape index (κ3) is 5.09. The molecule has 0 aliphatic rings. The third-order valence-electron chi connectivity index (χ3n) is 5.21. The van der Waals surface area contributed by atoms with E-state index in [4.69, 9.17) is 17.3 Å². The normalized spacial score (nSPS) is 10.3. The summed E-state index contributed by atoms with van der Waals surface area (Å²) >= 11 is 5.88. The van der Waals surface area contributed by atoms with Crippen molar-refractivity contribution in [3.63, 3.8) is 0 Å². The number of hydrogen-bond donors (Lipinski definition) is 2. The Morgan fingerprint density at radius 3 is 2.11 bits per heavy atom. The summed E-state index contributed by atoms with van der Waals surface area (Å²) in [5, 5.41) is 15.6. The van der Waals surface area contributed by atoms with Crippen molar-refractivity contribution in [3.05, 3.63) is 106 Å². The zero-order valence-corrected chi connectivity index (χ0v) is 19.5. The van der Waals surface area contributed by atoms with Crippen LogP contribution < -0.4 is 21.7 Å². The van der Waals surface area contributed by atoms with Gasteiger partial charge < -0.3 is 5.73 Å². The number of nitrogens with two attached hydrogens (primary N) is 1. The average Bonchev–Trinajstić information content (AvgIpc) is 2.89. The van der Waals surface area contributed by atoms with Crippen LogP contribution in [-0.2, 0) is 11.3 Å². The Morgan fingerprint density at radius 1 is 0.972 bits per heavy atom. The van der Waals surface area contributed by atoms with Crippen LogP contribution in [0.15, 0.2) is 89.7 Å². The Balaban J connectivity index is 1.76. The summed E-state index contributed by atoms with van der Waals surface area (Å²) in [6.07, 6.45) is 0. The van der Waals surface area contributed by atoms with Crippen LogP contribution in [0.2, 0.25) is 5.02 Å². The van der Waals surface area contributed by atoms with E-state index in [1.165, 1.54) is 24.3 Å². The fourth-order valence-corrected chi connectivity index (χ4v) is 3.72. The van der Waals surface area contributed by atoms with Crippen molar-refractivity contribution in [3.8, 4) is 28.5 Å². The Labute approximate surface area is 210 Å². The summed E-state index contributed by atoms with van der Waals surface area (Å²) in [6, 6.07) is 25.0. The number of aromatic nitrogens is 2. The van der Waals surface area contributed by atoms with Gasteiger partial charge in [0.2, 0.25) is 0 Å². The number of benzene rings is 3. The summed E-state index contributed by atoms with van der Waals surface area (Å²) in [7, 11) is 0. The van der Waals surface area contributed by atoms with Crippen LogP contribution in [0, 0.1) is 11.3 Å². The number of carbonyl (C=O) groups excluding carboxylic acids is 2. The molecule has 3 N–H and O–H groups in total. The molecule has 36 heavy (non-hydrogen) atoms. The second-order valence-electron chi connectivity index (χ2n) is 7.59. The Hall–Kier alpha value is -4.94. The molecule has 0 aliphatic heterocycles. The number of rotatable bonds is 5. The highest BCUT2D eigenvalue weighted by molar-refractivity contribution is 6.30. The second-order valence-corrected chi connectivity index (χ2v) is 8.03. The van der Waals surface area contributed by atoms with Crippen LogP contribution in [-0.4, -0.2) is 21.7 Å². The van der Waals surface area contributed by atoms with Crippen LogP contribution in [0.25, 0.3) is 22.4 Å². The summed E-state index contributed by atoms with van der Waals surface area (Å²) in [6.45, 7) is -0.570. The maximum atomic E-state index is 13.2. The summed E-state index contributed by atoms with van der Waals surface area (Å²) in [5.74, 6) is -0.756. The lowest BCUT2D eigenvalue weighted by atomic mass is 9.96. The molecule has 0 saturated heterocycles. The molecular weight excluding hydrogens is 480 g/mol. The average molecular weight is 499 g/mol. The Kier molecular flexibility index (Phi) is 7.09. The zero-order chi connectivity index (χ0) is 25.7. The first-order valence-corrected chi connectivity index (χ1v) is 11.1. The molecule has 0 aliphatic carbocycles. The van der Waals surface area contributed by atoms with Crippen molar-refractivity contribution in [1.29, 1.82) is 5.26 Å². The molecular formula is C26H19ClN6O3. The Morgan fingerprint density at radius 2 is 1.56 bits per heavy atom. The van der Waals surface area contributed by atoms with Gasteiger partial charge in [-0.25, -0.2) is 14.5 Å². The molecule has 0 fully saturated rings. The number of carbonyl (C=O) groups is 2. The van der Waals surface area contributed by atoms with E-state index in [2.05, 4.69) is 10.5 Å². The molecule has 4 rings (SSSR count). The van der Waals surface area contributed by atoms with Crippen LogP contribution >= 0.6 is 11.6 Å². The molecule has 1 aromatic heterocycles. The van der Waals surface area contributed by atoms with Gasteiger partial charge in [0.05, 0.1) is 5.69 Å². The topological polar surface area (TPSA) is 134 Å². The van der Waals surface area contributed by atoms with Gasteiger partial charge in [0.1, 0.15) is 23.9 Å². The van der Waals surface area contributed by atoms with Crippen LogP contribution in [0.5, 0.6) is 0 Å². The highest BCUT2D eigenvalue weighted by Crippen LogP contribution is 2.31. The molecule has 10 heteroatoms. The predicted molar refractivity (Wildman–Crippen MR) is 136 cm³/mol. The highest BCUT2D eigenvalue weighted by Gasteiger charge is 2.22. The molecule has 178 valence electrons. The number of nitrogens with one attached hydrogen (secondary N) is 1. The number of primary amides is 1. The molecule has 3 aromatic carbocycles. The van der Waals surface area contributed by atoms with Crippen LogP contribution in [0.4, 0.5) is 10.5 Å². The number of nitriles is 1. The van der Waals surface area contributed by atoms with Gasteiger partial charge in [0, 0.05) is 16.1 Å². The fourth-order valence-electron chi connectivity index (χ4n) is 3.60. The monoisotopic (exact) mass is 498 g/mol. The van der Waals surface area contributed by atoms with Gasteiger partial charge in [-0.15, -0.1) is 0 Å². The van der Waals surface area contributed by atoms with E-state index >= 15 is 0 Å². The number of urea groups is 1.